The predicted octanol–water partition coefficient (Wildman–Crippen LogP) is 17.3. The minimum absolute atomic E-state index is 0.668. The lowest BCUT2D eigenvalue weighted by atomic mass is 9.98. The van der Waals surface area contributed by atoms with Gasteiger partial charge in [-0.25, -0.2) is 9.97 Å². The molecule has 13 aromatic rings. The van der Waals surface area contributed by atoms with Crippen molar-refractivity contribution in [3.63, 3.8) is 0 Å². The number of hydrogen-bond donors (Lipinski definition) is 0. The van der Waals surface area contributed by atoms with Crippen LogP contribution in [-0.2, 0) is 0 Å². The fourth-order valence-electron chi connectivity index (χ4n) is 10.5. The summed E-state index contributed by atoms with van der Waals surface area (Å²) in [5.41, 5.74) is 21.0. The molecule has 4 nitrogen and oxygen atoms in total. The maximum atomic E-state index is 5.31. The molecular formula is C66H46N4. The number of fused-ring (bicyclic) bond motifs is 6. The van der Waals surface area contributed by atoms with E-state index in [4.69, 9.17) is 9.97 Å². The Balaban J connectivity index is 1.05. The van der Waals surface area contributed by atoms with E-state index < -0.39 is 0 Å². The van der Waals surface area contributed by atoms with Crippen LogP contribution >= 0.6 is 0 Å². The molecule has 0 radical (unpaired) electrons. The van der Waals surface area contributed by atoms with E-state index >= 15 is 0 Å². The van der Waals surface area contributed by atoms with Crippen LogP contribution < -0.4 is 0 Å². The molecule has 0 fully saturated rings. The summed E-state index contributed by atoms with van der Waals surface area (Å²) >= 11 is 0. The molecule has 0 spiro atoms. The number of aryl methyl sites for hydroxylation is 2. The highest BCUT2D eigenvalue weighted by atomic mass is 15.0. The summed E-state index contributed by atoms with van der Waals surface area (Å²) < 4.78 is 4.87. The second kappa shape index (κ2) is 16.9. The number of para-hydroxylation sites is 2. The number of nitrogens with zero attached hydrogens (tertiary/aromatic N) is 4. The first kappa shape index (κ1) is 41.1. The molecule has 0 N–H and O–H groups in total. The third kappa shape index (κ3) is 7.17. The van der Waals surface area contributed by atoms with Crippen molar-refractivity contribution in [3.05, 3.63) is 254 Å². The van der Waals surface area contributed by atoms with Gasteiger partial charge < -0.3 is 9.13 Å². The van der Waals surface area contributed by atoms with Gasteiger partial charge in [0.05, 0.1) is 39.1 Å². The van der Waals surface area contributed by atoms with Crippen molar-refractivity contribution in [2.45, 2.75) is 13.8 Å². The van der Waals surface area contributed by atoms with E-state index in [1.807, 2.05) is 12.1 Å². The quantitative estimate of drug-likeness (QED) is 0.152. The average Bonchev–Trinajstić information content (AvgIpc) is 3.93. The molecule has 0 saturated heterocycles. The molecule has 0 aliphatic heterocycles. The van der Waals surface area contributed by atoms with Gasteiger partial charge in [0.1, 0.15) is 0 Å². The SMILES string of the molecule is Cc1cccc(-c2ccc3c(c2)c2ccccc2n3-c2cccc(-c3cc(-c4nc(-c5ccccc5)cc(-c5ccccc5)n4)ccc3-n3c4ccccc4c4cc(-c5cccc(C)c5)ccc43)c2)c1. The van der Waals surface area contributed by atoms with Crippen LogP contribution in [0.5, 0.6) is 0 Å². The Labute approximate surface area is 407 Å². The Bertz CT molecular complexity index is 4080. The maximum absolute atomic E-state index is 5.31. The maximum Gasteiger partial charge on any atom is 0.160 e. The molecule has 330 valence electrons. The van der Waals surface area contributed by atoms with E-state index in [9.17, 15) is 0 Å². The van der Waals surface area contributed by atoms with Crippen LogP contribution in [0.2, 0.25) is 0 Å². The molecule has 0 aliphatic carbocycles. The largest absolute Gasteiger partial charge is 0.309 e. The molecular weight excluding hydrogens is 849 g/mol. The minimum atomic E-state index is 0.668. The van der Waals surface area contributed by atoms with E-state index in [0.29, 0.717) is 5.82 Å². The third-order valence-electron chi connectivity index (χ3n) is 13.8. The first-order valence-corrected chi connectivity index (χ1v) is 24.0. The normalized spacial score (nSPS) is 11.6. The first-order chi connectivity index (χ1) is 34.5. The molecule has 3 heterocycles. The van der Waals surface area contributed by atoms with Gasteiger partial charge in [-0.3, -0.25) is 0 Å². The molecule has 0 amide bonds. The highest BCUT2D eigenvalue weighted by molar-refractivity contribution is 6.12. The van der Waals surface area contributed by atoms with Crippen molar-refractivity contribution in [3.8, 4) is 78.7 Å². The van der Waals surface area contributed by atoms with Gasteiger partial charge in [-0.15, -0.1) is 0 Å². The Morgan fingerprint density at radius 3 is 1.33 bits per heavy atom. The summed E-state index contributed by atoms with van der Waals surface area (Å²) in [6, 6.07) is 87.6. The van der Waals surface area contributed by atoms with Gasteiger partial charge in [-0.2, -0.15) is 0 Å². The van der Waals surface area contributed by atoms with E-state index in [2.05, 4.69) is 254 Å². The second-order valence-corrected chi connectivity index (χ2v) is 18.4. The average molecular weight is 895 g/mol. The molecule has 70 heavy (non-hydrogen) atoms. The van der Waals surface area contributed by atoms with Gasteiger partial charge in [0, 0.05) is 49.5 Å². The Hall–Kier alpha value is -9.12. The molecule has 10 aromatic carbocycles. The zero-order valence-electron chi connectivity index (χ0n) is 38.9. The monoisotopic (exact) mass is 894 g/mol. The van der Waals surface area contributed by atoms with E-state index in [0.717, 1.165) is 72.6 Å². The highest BCUT2D eigenvalue weighted by Crippen LogP contribution is 2.42. The van der Waals surface area contributed by atoms with Gasteiger partial charge in [0.2, 0.25) is 0 Å². The van der Waals surface area contributed by atoms with Crippen molar-refractivity contribution in [2.24, 2.45) is 0 Å². The van der Waals surface area contributed by atoms with Crippen LogP contribution in [0.4, 0.5) is 0 Å². The van der Waals surface area contributed by atoms with Crippen molar-refractivity contribution in [1.29, 1.82) is 0 Å². The molecule has 0 bridgehead atoms. The Kier molecular flexibility index (Phi) is 9.91. The third-order valence-corrected chi connectivity index (χ3v) is 13.8. The van der Waals surface area contributed by atoms with Crippen LogP contribution in [0.25, 0.3) is 122 Å². The van der Waals surface area contributed by atoms with Crippen LogP contribution in [0.15, 0.2) is 243 Å². The van der Waals surface area contributed by atoms with Gasteiger partial charge in [0.15, 0.2) is 5.82 Å². The molecule has 0 aliphatic rings. The Morgan fingerprint density at radius 2 is 0.743 bits per heavy atom. The minimum Gasteiger partial charge on any atom is -0.309 e. The van der Waals surface area contributed by atoms with Crippen LogP contribution in [0.3, 0.4) is 0 Å². The topological polar surface area (TPSA) is 35.6 Å². The van der Waals surface area contributed by atoms with E-state index in [1.165, 1.54) is 54.9 Å². The van der Waals surface area contributed by atoms with Crippen LogP contribution in [0, 0.1) is 13.8 Å². The summed E-state index contributed by atoms with van der Waals surface area (Å²) in [6.07, 6.45) is 0. The molecule has 0 atom stereocenters. The first-order valence-electron chi connectivity index (χ1n) is 24.0. The van der Waals surface area contributed by atoms with Crippen molar-refractivity contribution >= 4 is 43.6 Å². The van der Waals surface area contributed by atoms with Crippen molar-refractivity contribution in [1.82, 2.24) is 19.1 Å². The summed E-state index contributed by atoms with van der Waals surface area (Å²) in [7, 11) is 0. The van der Waals surface area contributed by atoms with Crippen molar-refractivity contribution < 1.29 is 0 Å². The molecule has 13 rings (SSSR count). The summed E-state index contributed by atoms with van der Waals surface area (Å²) in [5.74, 6) is 0.668. The summed E-state index contributed by atoms with van der Waals surface area (Å²) in [6.45, 7) is 4.31. The lowest BCUT2D eigenvalue weighted by Gasteiger charge is -2.18. The smallest absolute Gasteiger partial charge is 0.160 e. The van der Waals surface area contributed by atoms with Gasteiger partial charge in [-0.05, 0) is 114 Å². The zero-order chi connectivity index (χ0) is 46.7. The Morgan fingerprint density at radius 1 is 0.286 bits per heavy atom. The molecule has 3 aromatic heterocycles. The van der Waals surface area contributed by atoms with E-state index in [1.54, 1.807) is 0 Å². The predicted molar refractivity (Wildman–Crippen MR) is 293 cm³/mol. The van der Waals surface area contributed by atoms with Crippen LogP contribution in [-0.4, -0.2) is 19.1 Å². The summed E-state index contributed by atoms with van der Waals surface area (Å²) in [4.78, 5) is 10.6. The second-order valence-electron chi connectivity index (χ2n) is 18.4. The van der Waals surface area contributed by atoms with Crippen molar-refractivity contribution in [2.75, 3.05) is 0 Å². The van der Waals surface area contributed by atoms with Gasteiger partial charge in [-0.1, -0.05) is 181 Å². The highest BCUT2D eigenvalue weighted by Gasteiger charge is 2.21. The lowest BCUT2D eigenvalue weighted by Crippen LogP contribution is -2.01. The lowest BCUT2D eigenvalue weighted by molar-refractivity contribution is 1.16. The van der Waals surface area contributed by atoms with E-state index in [-0.39, 0.29) is 0 Å². The van der Waals surface area contributed by atoms with Crippen LogP contribution in [0.1, 0.15) is 11.1 Å². The number of hydrogen-bond acceptors (Lipinski definition) is 2. The summed E-state index contributed by atoms with van der Waals surface area (Å²) in [5, 5.41) is 4.86. The molecule has 0 saturated carbocycles. The number of aromatic nitrogens is 4. The van der Waals surface area contributed by atoms with Gasteiger partial charge >= 0.3 is 0 Å². The molecule has 4 heteroatoms. The number of benzene rings is 10. The zero-order valence-corrected chi connectivity index (χ0v) is 38.9. The fraction of sp³-hybridized carbons (Fsp3) is 0.0303. The van der Waals surface area contributed by atoms with Gasteiger partial charge in [0.25, 0.3) is 0 Å². The fourth-order valence-corrected chi connectivity index (χ4v) is 10.5. The molecule has 0 unspecified atom stereocenters. The number of rotatable bonds is 8. The standard InChI is InChI=1S/C66H46N4/c1-43-16-13-22-47(36-43)49-30-33-64-57(39-49)54-26-9-11-28-61(54)69(64)53-25-15-24-51(38-53)56-41-52(66-67-59(45-18-5-3-6-19-45)42-60(68-66)46-20-7-4-8-21-46)32-35-63(56)70-62-29-12-10-27-55(62)58-40-50(31-34-65(58)70)48-23-14-17-44(2)37-48/h3-42H,1-2H3.